The Morgan fingerprint density at radius 2 is 1.76 bits per heavy atom. The van der Waals surface area contributed by atoms with Gasteiger partial charge >= 0.3 is 5.97 Å². The quantitative estimate of drug-likeness (QED) is 0.212. The number of nitrogens with one attached hydrogen (secondary N) is 2. The van der Waals surface area contributed by atoms with Crippen LogP contribution in [0.4, 0.5) is 11.4 Å². The zero-order valence-electron chi connectivity index (χ0n) is 22.0. The van der Waals surface area contributed by atoms with Gasteiger partial charge in [-0.3, -0.25) is 4.79 Å². The molecule has 0 aliphatic rings. The smallest absolute Gasteiger partial charge is 0.338 e. The fourth-order valence-corrected chi connectivity index (χ4v) is 4.24. The standard InChI is InChI=1S/C30H32N4O4/c1-5-38-30(37)22-11-16-25-26(17-22)33-29(36)27(25)28(21-9-7-6-8-10-21)32-23-12-14-24(15-13-23)34(20(3)35)18-19(2)31-4/h6-17,19,31,33,36H,5,18H2,1-4H3. The van der Waals surface area contributed by atoms with Crippen molar-refractivity contribution >= 4 is 39.9 Å². The van der Waals surface area contributed by atoms with Crippen LogP contribution in [-0.4, -0.2) is 53.9 Å². The summed E-state index contributed by atoms with van der Waals surface area (Å²) in [4.78, 5) is 34.1. The van der Waals surface area contributed by atoms with Crippen molar-refractivity contribution in [3.8, 4) is 5.88 Å². The number of hydrogen-bond donors (Lipinski definition) is 3. The number of aromatic nitrogens is 1. The monoisotopic (exact) mass is 512 g/mol. The molecule has 38 heavy (non-hydrogen) atoms. The zero-order valence-corrected chi connectivity index (χ0v) is 22.0. The first kappa shape index (κ1) is 26.6. The number of anilines is 1. The highest BCUT2D eigenvalue weighted by molar-refractivity contribution is 6.22. The maximum absolute atomic E-state index is 12.3. The van der Waals surface area contributed by atoms with Crippen molar-refractivity contribution in [2.75, 3.05) is 25.1 Å². The lowest BCUT2D eigenvalue weighted by Crippen LogP contribution is -2.40. The van der Waals surface area contributed by atoms with Crippen molar-refractivity contribution in [2.45, 2.75) is 26.8 Å². The number of esters is 1. The van der Waals surface area contributed by atoms with Crippen LogP contribution in [0.1, 0.15) is 42.3 Å². The Bertz CT molecular complexity index is 1460. The molecule has 0 saturated carbocycles. The van der Waals surface area contributed by atoms with Gasteiger partial charge in [-0.05, 0) is 57.3 Å². The summed E-state index contributed by atoms with van der Waals surface area (Å²) in [5, 5.41) is 14.8. The second-order valence-corrected chi connectivity index (χ2v) is 8.99. The van der Waals surface area contributed by atoms with Gasteiger partial charge < -0.3 is 25.0 Å². The van der Waals surface area contributed by atoms with Crippen LogP contribution in [0.25, 0.3) is 10.9 Å². The van der Waals surface area contributed by atoms with Crippen LogP contribution < -0.4 is 10.2 Å². The molecule has 0 bridgehead atoms. The van der Waals surface area contributed by atoms with E-state index in [2.05, 4.69) is 10.3 Å². The second-order valence-electron chi connectivity index (χ2n) is 8.99. The Balaban J connectivity index is 1.78. The lowest BCUT2D eigenvalue weighted by molar-refractivity contribution is -0.116. The number of nitrogens with zero attached hydrogens (tertiary/aromatic N) is 2. The van der Waals surface area contributed by atoms with E-state index >= 15 is 0 Å². The van der Waals surface area contributed by atoms with Crippen molar-refractivity contribution in [1.82, 2.24) is 10.3 Å². The van der Waals surface area contributed by atoms with Crippen LogP contribution in [-0.2, 0) is 9.53 Å². The average molecular weight is 513 g/mol. The maximum atomic E-state index is 12.3. The molecule has 4 aromatic rings. The minimum Gasteiger partial charge on any atom is -0.494 e. The van der Waals surface area contributed by atoms with E-state index in [9.17, 15) is 14.7 Å². The van der Waals surface area contributed by atoms with Crippen molar-refractivity contribution < 1.29 is 19.4 Å². The zero-order chi connectivity index (χ0) is 27.2. The first-order chi connectivity index (χ1) is 18.3. The third-order valence-electron chi connectivity index (χ3n) is 6.31. The minimum absolute atomic E-state index is 0.0424. The largest absolute Gasteiger partial charge is 0.494 e. The average Bonchev–Trinajstić information content (AvgIpc) is 3.25. The topological polar surface area (TPSA) is 107 Å². The number of amides is 1. The van der Waals surface area contributed by atoms with Gasteiger partial charge in [0, 0.05) is 41.7 Å². The van der Waals surface area contributed by atoms with E-state index in [-0.39, 0.29) is 24.4 Å². The lowest BCUT2D eigenvalue weighted by atomic mass is 10.00. The summed E-state index contributed by atoms with van der Waals surface area (Å²) in [6.45, 7) is 6.14. The molecule has 1 atom stereocenters. The van der Waals surface area contributed by atoms with Gasteiger partial charge in [0.25, 0.3) is 0 Å². The van der Waals surface area contributed by atoms with Crippen molar-refractivity contribution in [3.63, 3.8) is 0 Å². The number of hydrogen-bond acceptors (Lipinski definition) is 6. The molecule has 0 radical (unpaired) electrons. The lowest BCUT2D eigenvalue weighted by Gasteiger charge is -2.24. The summed E-state index contributed by atoms with van der Waals surface area (Å²) in [6, 6.07) is 22.3. The van der Waals surface area contributed by atoms with Gasteiger partial charge in [-0.15, -0.1) is 0 Å². The molecule has 3 N–H and O–H groups in total. The second kappa shape index (κ2) is 11.7. The fourth-order valence-electron chi connectivity index (χ4n) is 4.24. The number of carbonyl (C=O) groups is 2. The Morgan fingerprint density at radius 3 is 2.39 bits per heavy atom. The molecule has 0 saturated heterocycles. The van der Waals surface area contributed by atoms with Crippen molar-refractivity contribution in [3.05, 3.63) is 89.5 Å². The normalized spacial score (nSPS) is 12.4. The Kier molecular flexibility index (Phi) is 8.23. The molecule has 1 unspecified atom stereocenters. The molecular formula is C30H32N4O4. The number of fused-ring (bicyclic) bond motifs is 1. The van der Waals surface area contributed by atoms with Crippen molar-refractivity contribution in [2.24, 2.45) is 4.99 Å². The number of benzene rings is 3. The van der Waals surface area contributed by atoms with E-state index in [4.69, 9.17) is 9.73 Å². The molecule has 0 aliphatic heterocycles. The van der Waals surface area contributed by atoms with Crippen LogP contribution in [0.3, 0.4) is 0 Å². The predicted molar refractivity (Wildman–Crippen MR) is 151 cm³/mol. The predicted octanol–water partition coefficient (Wildman–Crippen LogP) is 5.18. The molecule has 8 nitrogen and oxygen atoms in total. The van der Waals surface area contributed by atoms with Gasteiger partial charge in [0.2, 0.25) is 5.91 Å². The number of aromatic amines is 1. The first-order valence-corrected chi connectivity index (χ1v) is 12.5. The highest BCUT2D eigenvalue weighted by Gasteiger charge is 2.20. The van der Waals surface area contributed by atoms with Crippen LogP contribution in [0.2, 0.25) is 0 Å². The summed E-state index contributed by atoms with van der Waals surface area (Å²) in [5.74, 6) is -0.519. The van der Waals surface area contributed by atoms with Gasteiger partial charge in [0.15, 0.2) is 5.88 Å². The summed E-state index contributed by atoms with van der Waals surface area (Å²) >= 11 is 0. The van der Waals surface area contributed by atoms with E-state index in [1.54, 1.807) is 36.9 Å². The maximum Gasteiger partial charge on any atom is 0.338 e. The number of carbonyl (C=O) groups excluding carboxylic acids is 2. The van der Waals surface area contributed by atoms with Crippen LogP contribution >= 0.6 is 0 Å². The molecule has 0 aliphatic carbocycles. The number of aliphatic imine (C=N–C) groups is 1. The molecular weight excluding hydrogens is 480 g/mol. The molecule has 196 valence electrons. The SMILES string of the molecule is CCOC(=O)c1ccc2c(C(=Nc3ccc(N(CC(C)NC)C(C)=O)cc3)c3ccccc3)c(O)[nH]c2c1. The van der Waals surface area contributed by atoms with E-state index in [1.807, 2.05) is 68.6 Å². The van der Waals surface area contributed by atoms with Crippen LogP contribution in [0.15, 0.2) is 77.8 Å². The highest BCUT2D eigenvalue weighted by atomic mass is 16.5. The van der Waals surface area contributed by atoms with Gasteiger partial charge in [0.1, 0.15) is 0 Å². The third kappa shape index (κ3) is 5.76. The number of likely N-dealkylation sites (N-methyl/N-ethyl adjacent to an activating group) is 1. The Labute approximate surface area is 222 Å². The number of ether oxygens (including phenoxy) is 1. The minimum atomic E-state index is -0.425. The van der Waals surface area contributed by atoms with E-state index < -0.39 is 5.97 Å². The molecule has 1 aromatic heterocycles. The number of H-pyrrole nitrogens is 1. The summed E-state index contributed by atoms with van der Waals surface area (Å²) < 4.78 is 5.11. The van der Waals surface area contributed by atoms with E-state index in [1.165, 1.54) is 0 Å². The van der Waals surface area contributed by atoms with Gasteiger partial charge in [0.05, 0.1) is 29.1 Å². The van der Waals surface area contributed by atoms with E-state index in [0.29, 0.717) is 34.6 Å². The van der Waals surface area contributed by atoms with Crippen LogP contribution in [0.5, 0.6) is 5.88 Å². The molecule has 1 amide bonds. The molecule has 3 aromatic carbocycles. The molecule has 0 spiro atoms. The number of rotatable bonds is 9. The fraction of sp³-hybridized carbons (Fsp3) is 0.233. The molecule has 0 fully saturated rings. The van der Waals surface area contributed by atoms with E-state index in [0.717, 1.165) is 16.6 Å². The van der Waals surface area contributed by atoms with Gasteiger partial charge in [-0.25, -0.2) is 9.79 Å². The third-order valence-corrected chi connectivity index (χ3v) is 6.31. The first-order valence-electron chi connectivity index (χ1n) is 12.5. The Morgan fingerprint density at radius 1 is 1.05 bits per heavy atom. The van der Waals surface area contributed by atoms with Gasteiger partial charge in [-0.2, -0.15) is 0 Å². The highest BCUT2D eigenvalue weighted by Crippen LogP contribution is 2.32. The molecule has 8 heteroatoms. The van der Waals surface area contributed by atoms with Gasteiger partial charge in [-0.1, -0.05) is 36.4 Å². The molecule has 1 heterocycles. The summed E-state index contributed by atoms with van der Waals surface area (Å²) in [7, 11) is 1.86. The summed E-state index contributed by atoms with van der Waals surface area (Å²) in [5.41, 5.74) is 4.34. The van der Waals surface area contributed by atoms with Crippen LogP contribution in [0, 0.1) is 0 Å². The molecule has 4 rings (SSSR count). The Hall–Kier alpha value is -4.43. The van der Waals surface area contributed by atoms with Crippen molar-refractivity contribution in [1.29, 1.82) is 0 Å². The summed E-state index contributed by atoms with van der Waals surface area (Å²) in [6.07, 6.45) is 0. The number of aromatic hydroxyl groups is 1.